The molecule has 2 fully saturated rings. The normalized spacial score (nSPS) is 20.4. The van der Waals surface area contributed by atoms with Crippen LogP contribution in [0.2, 0.25) is 0 Å². The lowest BCUT2D eigenvalue weighted by Crippen LogP contribution is -2.39. The molecule has 0 spiro atoms. The summed E-state index contributed by atoms with van der Waals surface area (Å²) in [6, 6.07) is 10.4. The van der Waals surface area contributed by atoms with Gasteiger partial charge in [-0.05, 0) is 58.4 Å². The van der Waals surface area contributed by atoms with Crippen molar-refractivity contribution in [2.75, 3.05) is 72.5 Å². The van der Waals surface area contributed by atoms with Gasteiger partial charge in [0, 0.05) is 58.2 Å². The van der Waals surface area contributed by atoms with Crippen molar-refractivity contribution in [3.05, 3.63) is 35.9 Å². The lowest BCUT2D eigenvalue weighted by atomic mass is 10.1. The minimum atomic E-state index is 0. The first-order valence-electron chi connectivity index (χ1n) is 12.4. The molecule has 0 saturated carbocycles. The molecule has 2 heterocycles. The number of likely N-dealkylation sites (tertiary alicyclic amines) is 1. The van der Waals surface area contributed by atoms with E-state index in [2.05, 4.69) is 58.7 Å². The first kappa shape index (κ1) is 27.9. The van der Waals surface area contributed by atoms with Crippen LogP contribution in [0.3, 0.4) is 0 Å². The van der Waals surface area contributed by atoms with Crippen molar-refractivity contribution in [1.29, 1.82) is 0 Å². The number of aliphatic imine (C=N–C) groups is 1. The van der Waals surface area contributed by atoms with Crippen molar-refractivity contribution >= 4 is 35.8 Å². The summed E-state index contributed by atoms with van der Waals surface area (Å²) < 4.78 is 0. The van der Waals surface area contributed by atoms with Gasteiger partial charge in [-0.2, -0.15) is 0 Å². The van der Waals surface area contributed by atoms with E-state index in [0.29, 0.717) is 18.9 Å². The minimum Gasteiger partial charge on any atom is -0.357 e. The quantitative estimate of drug-likeness (QED) is 0.196. The highest BCUT2D eigenvalue weighted by Gasteiger charge is 2.29. The van der Waals surface area contributed by atoms with Gasteiger partial charge in [0.15, 0.2) is 5.96 Å². The summed E-state index contributed by atoms with van der Waals surface area (Å²) in [5.74, 6) is 1.45. The van der Waals surface area contributed by atoms with E-state index < -0.39 is 0 Å². The molecule has 1 aromatic rings. The first-order chi connectivity index (χ1) is 15.6. The summed E-state index contributed by atoms with van der Waals surface area (Å²) in [5.41, 5.74) is 1.28. The number of hydrogen-bond acceptors (Lipinski definition) is 4. The lowest BCUT2D eigenvalue weighted by Gasteiger charge is -2.20. The SMILES string of the molecule is CCNC(=NCC1CC(=O)N(CCc2ccccc2)C1)NCCCN1CCCN(C)CC1.I. The number of nitrogens with one attached hydrogen (secondary N) is 2. The molecule has 1 aromatic carbocycles. The summed E-state index contributed by atoms with van der Waals surface area (Å²) >= 11 is 0. The maximum Gasteiger partial charge on any atom is 0.223 e. The molecule has 0 aliphatic carbocycles. The summed E-state index contributed by atoms with van der Waals surface area (Å²) in [6.07, 6.45) is 3.90. The number of likely N-dealkylation sites (N-methyl/N-ethyl adjacent to an activating group) is 1. The van der Waals surface area contributed by atoms with Gasteiger partial charge in [0.05, 0.1) is 0 Å². The van der Waals surface area contributed by atoms with Crippen LogP contribution < -0.4 is 10.6 Å². The average molecular weight is 571 g/mol. The van der Waals surface area contributed by atoms with E-state index in [-0.39, 0.29) is 29.9 Å². The van der Waals surface area contributed by atoms with Crippen molar-refractivity contribution in [1.82, 2.24) is 25.3 Å². The summed E-state index contributed by atoms with van der Waals surface area (Å²) in [7, 11) is 2.21. The number of carbonyl (C=O) groups excluding carboxylic acids is 1. The third-order valence-corrected chi connectivity index (χ3v) is 6.42. The van der Waals surface area contributed by atoms with Crippen LogP contribution >= 0.6 is 24.0 Å². The number of halogens is 1. The Bertz CT molecular complexity index is 716. The molecule has 1 atom stereocenters. The third-order valence-electron chi connectivity index (χ3n) is 6.42. The van der Waals surface area contributed by atoms with Crippen LogP contribution in [0.4, 0.5) is 0 Å². The molecule has 0 radical (unpaired) electrons. The second kappa shape index (κ2) is 15.5. The number of rotatable bonds is 10. The van der Waals surface area contributed by atoms with Crippen molar-refractivity contribution in [2.45, 2.75) is 32.6 Å². The average Bonchev–Trinajstić information content (AvgIpc) is 3.02. The fraction of sp³-hybridized carbons (Fsp3) is 0.680. The molecule has 1 unspecified atom stereocenters. The Labute approximate surface area is 217 Å². The van der Waals surface area contributed by atoms with Crippen LogP contribution in [0.15, 0.2) is 35.3 Å². The zero-order chi connectivity index (χ0) is 22.6. The second-order valence-corrected chi connectivity index (χ2v) is 9.14. The van der Waals surface area contributed by atoms with E-state index in [4.69, 9.17) is 4.99 Å². The number of carbonyl (C=O) groups is 1. The molecule has 1 amide bonds. The van der Waals surface area contributed by atoms with Crippen molar-refractivity contribution in [3.8, 4) is 0 Å². The fourth-order valence-electron chi connectivity index (χ4n) is 4.50. The van der Waals surface area contributed by atoms with E-state index >= 15 is 0 Å². The monoisotopic (exact) mass is 570 g/mol. The highest BCUT2D eigenvalue weighted by molar-refractivity contribution is 14.0. The lowest BCUT2D eigenvalue weighted by molar-refractivity contribution is -0.127. The van der Waals surface area contributed by atoms with Gasteiger partial charge in [0.2, 0.25) is 5.91 Å². The molecule has 33 heavy (non-hydrogen) atoms. The molecule has 186 valence electrons. The molecule has 2 aliphatic heterocycles. The highest BCUT2D eigenvalue weighted by atomic mass is 127. The standard InChI is InChI=1S/C25H42N6O.HI/c1-3-26-25(27-12-7-14-30-15-8-13-29(2)17-18-30)28-20-23-19-24(32)31(21-23)16-11-22-9-5-4-6-10-22;/h4-6,9-10,23H,3,7-8,11-21H2,1-2H3,(H2,26,27,28);1H. The molecular formula is C25H43IN6O. The zero-order valence-corrected chi connectivity index (χ0v) is 22.8. The Kier molecular flexibility index (Phi) is 13.1. The van der Waals surface area contributed by atoms with Gasteiger partial charge in [-0.25, -0.2) is 0 Å². The largest absolute Gasteiger partial charge is 0.357 e. The highest BCUT2D eigenvalue weighted by Crippen LogP contribution is 2.18. The molecular weight excluding hydrogens is 527 g/mol. The van der Waals surface area contributed by atoms with Crippen molar-refractivity contribution in [2.24, 2.45) is 10.9 Å². The van der Waals surface area contributed by atoms with Crippen LogP contribution in [0, 0.1) is 5.92 Å². The summed E-state index contributed by atoms with van der Waals surface area (Å²) in [6.45, 7) is 12.0. The molecule has 2 saturated heterocycles. The number of nitrogens with zero attached hydrogens (tertiary/aromatic N) is 4. The summed E-state index contributed by atoms with van der Waals surface area (Å²) in [4.78, 5) is 24.2. The number of amides is 1. The van der Waals surface area contributed by atoms with E-state index in [1.165, 1.54) is 38.2 Å². The Morgan fingerprint density at radius 3 is 2.70 bits per heavy atom. The van der Waals surface area contributed by atoms with Gasteiger partial charge in [0.25, 0.3) is 0 Å². The van der Waals surface area contributed by atoms with Crippen LogP contribution in [0.25, 0.3) is 0 Å². The first-order valence-corrected chi connectivity index (χ1v) is 12.4. The summed E-state index contributed by atoms with van der Waals surface area (Å²) in [5, 5.41) is 6.83. The second-order valence-electron chi connectivity index (χ2n) is 9.14. The van der Waals surface area contributed by atoms with E-state index in [9.17, 15) is 4.79 Å². The number of guanidine groups is 1. The Balaban J connectivity index is 0.00000385. The van der Waals surface area contributed by atoms with E-state index in [0.717, 1.165) is 51.5 Å². The van der Waals surface area contributed by atoms with Gasteiger partial charge < -0.3 is 25.3 Å². The van der Waals surface area contributed by atoms with Crippen LogP contribution in [0.5, 0.6) is 0 Å². The van der Waals surface area contributed by atoms with Gasteiger partial charge in [-0.1, -0.05) is 30.3 Å². The van der Waals surface area contributed by atoms with Crippen LogP contribution in [-0.2, 0) is 11.2 Å². The van der Waals surface area contributed by atoms with Crippen LogP contribution in [0.1, 0.15) is 31.7 Å². The predicted molar refractivity (Wildman–Crippen MR) is 147 cm³/mol. The fourth-order valence-corrected chi connectivity index (χ4v) is 4.50. The predicted octanol–water partition coefficient (Wildman–Crippen LogP) is 2.28. The van der Waals surface area contributed by atoms with Gasteiger partial charge >= 0.3 is 0 Å². The van der Waals surface area contributed by atoms with E-state index in [1.54, 1.807) is 0 Å². The molecule has 0 bridgehead atoms. The number of hydrogen-bond donors (Lipinski definition) is 2. The van der Waals surface area contributed by atoms with Crippen LogP contribution in [-0.4, -0.2) is 99.1 Å². The maximum atomic E-state index is 12.4. The Hall–Kier alpha value is -1.39. The minimum absolute atomic E-state index is 0. The van der Waals surface area contributed by atoms with Crippen molar-refractivity contribution < 1.29 is 4.79 Å². The molecule has 7 nitrogen and oxygen atoms in total. The molecule has 2 aliphatic rings. The molecule has 8 heteroatoms. The van der Waals surface area contributed by atoms with Gasteiger partial charge in [-0.3, -0.25) is 9.79 Å². The smallest absolute Gasteiger partial charge is 0.223 e. The molecule has 2 N–H and O–H groups in total. The maximum absolute atomic E-state index is 12.4. The Morgan fingerprint density at radius 1 is 1.09 bits per heavy atom. The van der Waals surface area contributed by atoms with Gasteiger partial charge in [0.1, 0.15) is 0 Å². The topological polar surface area (TPSA) is 63.2 Å². The zero-order valence-electron chi connectivity index (χ0n) is 20.5. The molecule has 3 rings (SSSR count). The number of benzene rings is 1. The Morgan fingerprint density at radius 2 is 1.91 bits per heavy atom. The molecule has 0 aromatic heterocycles. The van der Waals surface area contributed by atoms with Gasteiger partial charge in [-0.15, -0.1) is 24.0 Å². The third kappa shape index (κ3) is 10.2. The van der Waals surface area contributed by atoms with Crippen molar-refractivity contribution in [3.63, 3.8) is 0 Å². The van der Waals surface area contributed by atoms with E-state index in [1.807, 2.05) is 11.0 Å².